The predicted octanol–water partition coefficient (Wildman–Crippen LogP) is 3.69. The Morgan fingerprint density at radius 1 is 1.28 bits per heavy atom. The highest BCUT2D eigenvalue weighted by molar-refractivity contribution is 5.60. The van der Waals surface area contributed by atoms with Gasteiger partial charge in [0.1, 0.15) is 7.05 Å². The lowest BCUT2D eigenvalue weighted by molar-refractivity contribution is -0.660. The molecule has 0 fully saturated rings. The van der Waals surface area contributed by atoms with Crippen molar-refractivity contribution in [3.05, 3.63) is 53.7 Å². The van der Waals surface area contributed by atoms with Crippen molar-refractivity contribution >= 4 is 0 Å². The minimum absolute atomic E-state index is 0.175. The Kier molecular flexibility index (Phi) is 2.77. The lowest BCUT2D eigenvalue weighted by Crippen LogP contribution is -2.31. The third-order valence-electron chi connectivity index (χ3n) is 2.93. The predicted molar refractivity (Wildman–Crippen MR) is 76.3 cm³/mol. The fourth-order valence-electron chi connectivity index (χ4n) is 2.07. The van der Waals surface area contributed by atoms with Crippen LogP contribution in [0.5, 0.6) is 0 Å². The van der Waals surface area contributed by atoms with Gasteiger partial charge in [0, 0.05) is 19.9 Å². The third kappa shape index (κ3) is 2.79. The van der Waals surface area contributed by atoms with Gasteiger partial charge in [-0.2, -0.15) is 0 Å². The lowest BCUT2D eigenvalue weighted by Gasteiger charge is -2.07. The molecule has 1 heteroatoms. The maximum atomic E-state index is 8.22. The van der Waals surface area contributed by atoms with Crippen molar-refractivity contribution in [1.29, 1.82) is 0 Å². The Bertz CT molecular complexity index is 663. The summed E-state index contributed by atoms with van der Waals surface area (Å²) in [5, 5.41) is 0. The molecule has 0 aliphatic carbocycles. The van der Waals surface area contributed by atoms with Crippen LogP contribution in [0.25, 0.3) is 11.3 Å². The fourth-order valence-corrected chi connectivity index (χ4v) is 2.07. The molecule has 1 nitrogen and oxygen atoms in total. The quantitative estimate of drug-likeness (QED) is 0.724. The topological polar surface area (TPSA) is 3.88 Å². The maximum absolute atomic E-state index is 8.22. The Morgan fingerprint density at radius 2 is 2.00 bits per heavy atom. The normalized spacial score (nSPS) is 14.2. The van der Waals surface area contributed by atoms with E-state index in [1.54, 1.807) is 12.3 Å². The molecule has 1 aromatic heterocycles. The molecule has 0 unspecified atom stereocenters. The van der Waals surface area contributed by atoms with Crippen molar-refractivity contribution in [2.45, 2.75) is 27.1 Å². The van der Waals surface area contributed by atoms with E-state index in [1.165, 1.54) is 0 Å². The largest absolute Gasteiger partial charge is 0.212 e. The summed E-state index contributed by atoms with van der Waals surface area (Å²) in [6, 6.07) is 10.1. The molecule has 0 amide bonds. The molecule has 0 N–H and O–H groups in total. The minimum atomic E-state index is -1.50. The molecule has 0 saturated heterocycles. The van der Waals surface area contributed by atoms with Gasteiger partial charge in [-0.3, -0.25) is 0 Å². The zero-order chi connectivity index (χ0) is 15.8. The summed E-state index contributed by atoms with van der Waals surface area (Å²) in [7, 11) is 1.90. The summed E-state index contributed by atoms with van der Waals surface area (Å²) in [5.41, 5.74) is 3.59. The molecule has 2 rings (SSSR count). The smallest absolute Gasteiger partial charge is 0.201 e. The van der Waals surface area contributed by atoms with Crippen molar-refractivity contribution in [1.82, 2.24) is 0 Å². The molecule has 94 valence electrons. The van der Waals surface area contributed by atoms with E-state index >= 15 is 0 Å². The Labute approximate surface area is 114 Å². The Morgan fingerprint density at radius 3 is 2.67 bits per heavy atom. The van der Waals surface area contributed by atoms with E-state index < -0.39 is 6.37 Å². The van der Waals surface area contributed by atoms with Crippen LogP contribution in [0.1, 0.15) is 29.1 Å². The second-order valence-electron chi connectivity index (χ2n) is 4.94. The Hall–Kier alpha value is -1.63. The standard InChI is InChI=1S/C17H22N/c1-13(2)11-15-9-10-17(18(4)12-15)16-8-6-5-7-14(16)3/h5-10,12-13H,11H2,1-4H3/q+1/i9D,11D2. The van der Waals surface area contributed by atoms with Crippen LogP contribution in [-0.4, -0.2) is 0 Å². The van der Waals surface area contributed by atoms with Gasteiger partial charge in [0.25, 0.3) is 0 Å². The summed E-state index contributed by atoms with van der Waals surface area (Å²) >= 11 is 0. The number of nitrogens with zero attached hydrogens (tertiary/aromatic N) is 1. The van der Waals surface area contributed by atoms with Crippen LogP contribution in [0, 0.1) is 12.8 Å². The van der Waals surface area contributed by atoms with Gasteiger partial charge in [-0.1, -0.05) is 32.0 Å². The number of rotatable bonds is 3. The van der Waals surface area contributed by atoms with Gasteiger partial charge in [0.2, 0.25) is 5.69 Å². The van der Waals surface area contributed by atoms with Gasteiger partial charge in [0.05, 0.1) is 1.37 Å². The second-order valence-corrected chi connectivity index (χ2v) is 4.94. The highest BCUT2D eigenvalue weighted by Crippen LogP contribution is 2.20. The van der Waals surface area contributed by atoms with E-state index in [0.717, 1.165) is 16.8 Å². The third-order valence-corrected chi connectivity index (χ3v) is 2.93. The Balaban J connectivity index is 2.60. The van der Waals surface area contributed by atoms with E-state index in [1.807, 2.05) is 56.7 Å². The molecule has 0 saturated carbocycles. The summed E-state index contributed by atoms with van der Waals surface area (Å²) < 4.78 is 26.6. The van der Waals surface area contributed by atoms with Crippen molar-refractivity contribution < 1.29 is 8.68 Å². The molecule has 0 radical (unpaired) electrons. The fraction of sp³-hybridized carbons (Fsp3) is 0.353. The molecule has 0 aliphatic heterocycles. The van der Waals surface area contributed by atoms with Crippen molar-refractivity contribution in [3.8, 4) is 11.3 Å². The average Bonchev–Trinajstić information content (AvgIpc) is 2.41. The number of benzene rings is 1. The number of hydrogen-bond donors (Lipinski definition) is 0. The van der Waals surface area contributed by atoms with Gasteiger partial charge in [-0.05, 0) is 36.9 Å². The average molecular weight is 243 g/mol. The number of aryl methyl sites for hydroxylation is 2. The first-order valence-corrected chi connectivity index (χ1v) is 6.32. The molecule has 0 bridgehead atoms. The van der Waals surface area contributed by atoms with E-state index in [9.17, 15) is 0 Å². The SMILES string of the molecule is [2H]c1cc(-c2ccccc2C)[n+](C)cc1C([2H])([2H])C(C)C. The number of hydrogen-bond acceptors (Lipinski definition) is 0. The maximum Gasteiger partial charge on any atom is 0.212 e. The van der Waals surface area contributed by atoms with Gasteiger partial charge in [-0.25, -0.2) is 4.57 Å². The van der Waals surface area contributed by atoms with Gasteiger partial charge in [-0.15, -0.1) is 0 Å². The molecule has 18 heavy (non-hydrogen) atoms. The van der Waals surface area contributed by atoms with Crippen LogP contribution in [0.4, 0.5) is 0 Å². The summed E-state index contributed by atoms with van der Waals surface area (Å²) in [6.45, 7) is 5.73. The first kappa shape index (κ1) is 9.32. The molecular weight excluding hydrogens is 218 g/mol. The molecule has 0 spiro atoms. The molecule has 0 aliphatic rings. The molecule has 1 heterocycles. The van der Waals surface area contributed by atoms with E-state index in [0.29, 0.717) is 5.56 Å². The monoisotopic (exact) mass is 243 g/mol. The lowest BCUT2D eigenvalue weighted by atomic mass is 10.0. The van der Waals surface area contributed by atoms with Crippen LogP contribution >= 0.6 is 0 Å². The second kappa shape index (κ2) is 5.34. The van der Waals surface area contributed by atoms with Crippen LogP contribution in [0.2, 0.25) is 0 Å². The van der Waals surface area contributed by atoms with Crippen LogP contribution in [0.3, 0.4) is 0 Å². The summed E-state index contributed by atoms with van der Waals surface area (Å²) in [4.78, 5) is 0. The van der Waals surface area contributed by atoms with Crippen molar-refractivity contribution in [2.75, 3.05) is 0 Å². The first-order chi connectivity index (χ1) is 9.75. The van der Waals surface area contributed by atoms with Gasteiger partial charge < -0.3 is 0 Å². The molecule has 1 aromatic carbocycles. The number of aromatic nitrogens is 1. The molecular formula is C17H22N+. The van der Waals surface area contributed by atoms with E-state index in [-0.39, 0.29) is 12.0 Å². The van der Waals surface area contributed by atoms with E-state index in [2.05, 4.69) is 0 Å². The molecule has 0 atom stereocenters. The number of pyridine rings is 1. The highest BCUT2D eigenvalue weighted by atomic mass is 14.9. The zero-order valence-corrected chi connectivity index (χ0v) is 11.5. The van der Waals surface area contributed by atoms with Gasteiger partial charge in [0.15, 0.2) is 6.20 Å². The molecule has 2 aromatic rings. The summed E-state index contributed by atoms with van der Waals surface area (Å²) in [6.07, 6.45) is 0.253. The highest BCUT2D eigenvalue weighted by Gasteiger charge is 2.12. The first-order valence-electron chi connectivity index (χ1n) is 7.82. The van der Waals surface area contributed by atoms with Crippen molar-refractivity contribution in [3.63, 3.8) is 0 Å². The van der Waals surface area contributed by atoms with Gasteiger partial charge >= 0.3 is 0 Å². The summed E-state index contributed by atoms with van der Waals surface area (Å²) in [5.74, 6) is -0.175. The van der Waals surface area contributed by atoms with Crippen LogP contribution in [0.15, 0.2) is 42.6 Å². The van der Waals surface area contributed by atoms with E-state index in [4.69, 9.17) is 4.11 Å². The zero-order valence-electron chi connectivity index (χ0n) is 14.5. The van der Waals surface area contributed by atoms with Crippen molar-refractivity contribution in [2.24, 2.45) is 13.0 Å². The van der Waals surface area contributed by atoms with Crippen LogP contribution in [-0.2, 0) is 13.4 Å². The van der Waals surface area contributed by atoms with Crippen LogP contribution < -0.4 is 4.57 Å². The minimum Gasteiger partial charge on any atom is -0.201 e.